The third-order valence-corrected chi connectivity index (χ3v) is 1.22. The Labute approximate surface area is 61.5 Å². The Morgan fingerprint density at radius 2 is 2.18 bits per heavy atom. The molecule has 1 heterocycles. The zero-order valence-electron chi connectivity index (χ0n) is 5.46. The fourth-order valence-electron chi connectivity index (χ4n) is 0.662. The molecule has 0 aliphatic carbocycles. The lowest BCUT2D eigenvalue weighted by Gasteiger charge is -2.03. The molecule has 0 aliphatic heterocycles. The number of nitrogens with zero attached hydrogens (tertiary/aromatic N) is 1. The summed E-state index contributed by atoms with van der Waals surface area (Å²) < 4.78 is 23.9. The van der Waals surface area contributed by atoms with E-state index in [1.165, 1.54) is 0 Å². The van der Waals surface area contributed by atoms with Crippen molar-refractivity contribution in [2.75, 3.05) is 5.73 Å². The normalized spacial score (nSPS) is 10.5. The molecule has 1 aromatic heterocycles. The Hall–Kier alpha value is -1.39. The second-order valence-corrected chi connectivity index (χ2v) is 1.93. The van der Waals surface area contributed by atoms with Crippen LogP contribution >= 0.6 is 0 Å². The van der Waals surface area contributed by atoms with Crippen molar-refractivity contribution in [1.29, 1.82) is 0 Å². The molecule has 60 valence electrons. The number of aromatic hydroxyl groups is 1. The Bertz CT molecular complexity index is 265. The monoisotopic (exact) mass is 160 g/mol. The summed E-state index contributed by atoms with van der Waals surface area (Å²) in [5, 5.41) is 8.90. The summed E-state index contributed by atoms with van der Waals surface area (Å²) in [4.78, 5) is 3.42. The van der Waals surface area contributed by atoms with Gasteiger partial charge in [-0.1, -0.05) is 0 Å². The number of halogens is 2. The zero-order valence-corrected chi connectivity index (χ0v) is 5.46. The maximum absolute atomic E-state index is 12.0. The maximum Gasteiger partial charge on any atom is 0.267 e. The molecule has 5 heteroatoms. The molecule has 3 nitrogen and oxygen atoms in total. The van der Waals surface area contributed by atoms with Crippen LogP contribution in [0.1, 0.15) is 12.0 Å². The number of nitrogen functional groups attached to an aromatic ring is 1. The highest BCUT2D eigenvalue weighted by Gasteiger charge is 2.14. The number of hydrogen-bond acceptors (Lipinski definition) is 3. The molecule has 11 heavy (non-hydrogen) atoms. The average Bonchev–Trinajstić information content (AvgIpc) is 1.94. The van der Waals surface area contributed by atoms with E-state index < -0.39 is 17.7 Å². The van der Waals surface area contributed by atoms with Crippen LogP contribution < -0.4 is 5.73 Å². The van der Waals surface area contributed by atoms with Crippen LogP contribution in [0.3, 0.4) is 0 Å². The Kier molecular flexibility index (Phi) is 1.89. The van der Waals surface area contributed by atoms with Crippen molar-refractivity contribution in [3.63, 3.8) is 0 Å². The number of hydrogen-bond donors (Lipinski definition) is 2. The van der Waals surface area contributed by atoms with Crippen LogP contribution in [0.2, 0.25) is 0 Å². The minimum atomic E-state index is -2.72. The molecule has 1 rings (SSSR count). The van der Waals surface area contributed by atoms with Crippen LogP contribution in [-0.2, 0) is 0 Å². The molecule has 0 unspecified atom stereocenters. The fraction of sp³-hybridized carbons (Fsp3) is 0.167. The van der Waals surface area contributed by atoms with Crippen LogP contribution in [0, 0.1) is 0 Å². The van der Waals surface area contributed by atoms with Gasteiger partial charge in [-0.05, 0) is 6.07 Å². The Morgan fingerprint density at radius 1 is 1.55 bits per heavy atom. The summed E-state index contributed by atoms with van der Waals surface area (Å²) in [7, 11) is 0. The molecule has 0 spiro atoms. The van der Waals surface area contributed by atoms with Crippen molar-refractivity contribution in [1.82, 2.24) is 4.98 Å². The first-order valence-corrected chi connectivity index (χ1v) is 2.84. The van der Waals surface area contributed by atoms with Gasteiger partial charge in [0.1, 0.15) is 0 Å². The molecule has 3 N–H and O–H groups in total. The second kappa shape index (κ2) is 2.69. The number of rotatable bonds is 1. The van der Waals surface area contributed by atoms with Gasteiger partial charge >= 0.3 is 0 Å². The molecule has 1 aromatic rings. The van der Waals surface area contributed by atoms with Crippen molar-refractivity contribution in [2.24, 2.45) is 0 Å². The zero-order chi connectivity index (χ0) is 8.43. The van der Waals surface area contributed by atoms with Crippen LogP contribution in [0.4, 0.5) is 14.6 Å². The summed E-state index contributed by atoms with van der Waals surface area (Å²) in [5.41, 5.74) is 4.58. The molecular formula is C6H6F2N2O. The first kappa shape index (κ1) is 7.71. The third-order valence-electron chi connectivity index (χ3n) is 1.22. The van der Waals surface area contributed by atoms with Gasteiger partial charge in [0.05, 0.1) is 5.56 Å². The third kappa shape index (κ3) is 1.36. The van der Waals surface area contributed by atoms with Gasteiger partial charge in [0.25, 0.3) is 6.43 Å². The molecule has 0 aliphatic rings. The molecule has 0 bridgehead atoms. The number of anilines is 1. The molecule has 0 amide bonds. The van der Waals surface area contributed by atoms with E-state index >= 15 is 0 Å². The minimum Gasteiger partial charge on any atom is -0.504 e. The molecule has 0 atom stereocenters. The van der Waals surface area contributed by atoms with Gasteiger partial charge in [-0.15, -0.1) is 0 Å². The van der Waals surface area contributed by atoms with Crippen LogP contribution in [-0.4, -0.2) is 10.1 Å². The summed E-state index contributed by atoms with van der Waals surface area (Å²) in [5.74, 6) is -0.912. The number of aromatic nitrogens is 1. The van der Waals surface area contributed by atoms with E-state index in [1.54, 1.807) is 0 Å². The summed E-state index contributed by atoms with van der Waals surface area (Å²) in [6, 6.07) is 1.02. The minimum absolute atomic E-state index is 0.275. The quantitative estimate of drug-likeness (QED) is 0.651. The highest BCUT2D eigenvalue weighted by molar-refractivity contribution is 5.49. The highest BCUT2D eigenvalue weighted by Crippen LogP contribution is 2.30. The lowest BCUT2D eigenvalue weighted by atomic mass is 10.2. The number of alkyl halides is 2. The van der Waals surface area contributed by atoms with E-state index in [9.17, 15) is 8.78 Å². The maximum atomic E-state index is 12.0. The lowest BCUT2D eigenvalue weighted by molar-refractivity contribution is 0.147. The topological polar surface area (TPSA) is 59.1 Å². The van der Waals surface area contributed by atoms with Crippen LogP contribution in [0.15, 0.2) is 12.3 Å². The Balaban J connectivity index is 3.17. The van der Waals surface area contributed by atoms with E-state index in [2.05, 4.69) is 4.98 Å². The standard InChI is InChI=1S/C6H6F2N2O/c7-5(8)3-1-2-10-6(9)4(3)11/h1-2,5,11H,(H2,9,10). The lowest BCUT2D eigenvalue weighted by Crippen LogP contribution is -1.94. The van der Waals surface area contributed by atoms with Crippen LogP contribution in [0.25, 0.3) is 0 Å². The predicted octanol–water partition coefficient (Wildman–Crippen LogP) is 1.31. The van der Waals surface area contributed by atoms with Gasteiger partial charge in [-0.3, -0.25) is 0 Å². The van der Waals surface area contributed by atoms with Crippen molar-refractivity contribution >= 4 is 5.82 Å². The Morgan fingerprint density at radius 3 is 2.64 bits per heavy atom. The van der Waals surface area contributed by atoms with Gasteiger partial charge in [0.2, 0.25) is 0 Å². The largest absolute Gasteiger partial charge is 0.504 e. The molecular weight excluding hydrogens is 154 g/mol. The van der Waals surface area contributed by atoms with E-state index in [-0.39, 0.29) is 5.82 Å². The molecule has 0 fully saturated rings. The first-order valence-electron chi connectivity index (χ1n) is 2.84. The van der Waals surface area contributed by atoms with E-state index in [0.29, 0.717) is 0 Å². The number of nitrogens with two attached hydrogens (primary N) is 1. The molecule has 0 radical (unpaired) electrons. The average molecular weight is 160 g/mol. The van der Waals surface area contributed by atoms with E-state index in [0.717, 1.165) is 12.3 Å². The van der Waals surface area contributed by atoms with Gasteiger partial charge in [-0.2, -0.15) is 0 Å². The van der Waals surface area contributed by atoms with Gasteiger partial charge in [0, 0.05) is 6.20 Å². The van der Waals surface area contributed by atoms with E-state index in [4.69, 9.17) is 10.8 Å². The van der Waals surface area contributed by atoms with Crippen LogP contribution in [0.5, 0.6) is 5.75 Å². The molecule has 0 aromatic carbocycles. The summed E-state index contributed by atoms with van der Waals surface area (Å²) in [6.45, 7) is 0. The van der Waals surface area contributed by atoms with Gasteiger partial charge in [0.15, 0.2) is 11.6 Å². The van der Waals surface area contributed by atoms with Gasteiger partial charge < -0.3 is 10.8 Å². The first-order chi connectivity index (χ1) is 5.13. The van der Waals surface area contributed by atoms with Crippen molar-refractivity contribution < 1.29 is 13.9 Å². The van der Waals surface area contributed by atoms with Crippen molar-refractivity contribution in [3.8, 4) is 5.75 Å². The summed E-state index contributed by atoms with van der Waals surface area (Å²) in [6.07, 6.45) is -1.60. The SMILES string of the molecule is Nc1nccc(C(F)F)c1O. The summed E-state index contributed by atoms with van der Waals surface area (Å²) >= 11 is 0. The highest BCUT2D eigenvalue weighted by atomic mass is 19.3. The van der Waals surface area contributed by atoms with Crippen molar-refractivity contribution in [2.45, 2.75) is 6.43 Å². The predicted molar refractivity (Wildman–Crippen MR) is 35.3 cm³/mol. The fourth-order valence-corrected chi connectivity index (χ4v) is 0.662. The van der Waals surface area contributed by atoms with Crippen molar-refractivity contribution in [3.05, 3.63) is 17.8 Å². The second-order valence-electron chi connectivity index (χ2n) is 1.93. The molecule has 0 saturated heterocycles. The van der Waals surface area contributed by atoms with E-state index in [1.807, 2.05) is 0 Å². The van der Waals surface area contributed by atoms with Gasteiger partial charge in [-0.25, -0.2) is 13.8 Å². The number of pyridine rings is 1. The smallest absolute Gasteiger partial charge is 0.267 e. The molecule has 0 saturated carbocycles.